The normalized spacial score (nSPS) is 9.81. The van der Waals surface area contributed by atoms with Gasteiger partial charge in [0.15, 0.2) is 11.5 Å². The predicted molar refractivity (Wildman–Crippen MR) is 65.3 cm³/mol. The van der Waals surface area contributed by atoms with E-state index in [1.807, 2.05) is 0 Å². The first-order valence-corrected chi connectivity index (χ1v) is 5.43. The van der Waals surface area contributed by atoms with E-state index < -0.39 is 0 Å². The lowest BCUT2D eigenvalue weighted by Gasteiger charge is -2.14. The Labute approximate surface area is 103 Å². The third-order valence-electron chi connectivity index (χ3n) is 2.11. The van der Waals surface area contributed by atoms with Crippen molar-refractivity contribution in [3.63, 3.8) is 0 Å². The summed E-state index contributed by atoms with van der Waals surface area (Å²) in [4.78, 5) is 13.3. The molecule has 16 heavy (non-hydrogen) atoms. The van der Waals surface area contributed by atoms with Gasteiger partial charge >= 0.3 is 0 Å². The Kier molecular flexibility index (Phi) is 4.18. The summed E-state index contributed by atoms with van der Waals surface area (Å²) in [5.74, 6) is 1.04. The molecule has 0 N–H and O–H groups in total. The van der Waals surface area contributed by atoms with Crippen molar-refractivity contribution in [2.24, 2.45) is 0 Å². The molecule has 0 saturated carbocycles. The van der Waals surface area contributed by atoms with E-state index in [0.717, 1.165) is 0 Å². The second-order valence-corrected chi connectivity index (χ2v) is 4.24. The molecular formula is C11H14BrNO3. The fourth-order valence-electron chi connectivity index (χ4n) is 1.26. The van der Waals surface area contributed by atoms with Crippen LogP contribution in [0.1, 0.15) is 10.4 Å². The number of carbonyl (C=O) groups is 1. The maximum atomic E-state index is 11.8. The molecule has 0 atom stereocenters. The lowest BCUT2D eigenvalue weighted by Crippen LogP contribution is -2.22. The molecule has 0 saturated heterocycles. The molecule has 4 nitrogen and oxygen atoms in total. The number of carbonyl (C=O) groups excluding carboxylic acids is 1. The highest BCUT2D eigenvalue weighted by molar-refractivity contribution is 9.10. The summed E-state index contributed by atoms with van der Waals surface area (Å²) in [6.07, 6.45) is 0. The molecule has 0 aliphatic carbocycles. The summed E-state index contributed by atoms with van der Waals surface area (Å²) in [6, 6.07) is 3.38. The lowest BCUT2D eigenvalue weighted by atomic mass is 10.2. The Bertz CT molecular complexity index is 404. The zero-order valence-electron chi connectivity index (χ0n) is 9.70. The Hall–Kier alpha value is -1.23. The molecule has 0 fully saturated rings. The molecule has 0 heterocycles. The van der Waals surface area contributed by atoms with Gasteiger partial charge in [0.2, 0.25) is 0 Å². The van der Waals surface area contributed by atoms with Gasteiger partial charge in [-0.15, -0.1) is 0 Å². The molecule has 0 unspecified atom stereocenters. The quantitative estimate of drug-likeness (QED) is 0.855. The zero-order valence-corrected chi connectivity index (χ0v) is 11.3. The van der Waals surface area contributed by atoms with Crippen molar-refractivity contribution in [2.75, 3.05) is 28.3 Å². The number of hydrogen-bond donors (Lipinski definition) is 0. The minimum Gasteiger partial charge on any atom is -0.493 e. The van der Waals surface area contributed by atoms with E-state index in [0.29, 0.717) is 21.5 Å². The molecule has 1 rings (SSSR count). The van der Waals surface area contributed by atoms with Crippen molar-refractivity contribution in [3.8, 4) is 11.5 Å². The number of methoxy groups -OCH3 is 2. The second-order valence-electron chi connectivity index (χ2n) is 3.39. The van der Waals surface area contributed by atoms with Crippen molar-refractivity contribution < 1.29 is 14.3 Å². The Morgan fingerprint density at radius 3 is 2.12 bits per heavy atom. The molecular weight excluding hydrogens is 274 g/mol. The van der Waals surface area contributed by atoms with Gasteiger partial charge in [-0.1, -0.05) is 0 Å². The Balaban J connectivity index is 3.26. The lowest BCUT2D eigenvalue weighted by molar-refractivity contribution is 0.0826. The fraction of sp³-hybridized carbons (Fsp3) is 0.364. The molecule has 0 spiro atoms. The van der Waals surface area contributed by atoms with Crippen molar-refractivity contribution >= 4 is 21.8 Å². The molecule has 1 aromatic rings. The van der Waals surface area contributed by atoms with Gasteiger partial charge in [0.1, 0.15) is 0 Å². The SMILES string of the molecule is COc1cc(Br)c(C(=O)N(C)C)cc1OC. The number of halogens is 1. The second kappa shape index (κ2) is 5.21. The summed E-state index contributed by atoms with van der Waals surface area (Å²) in [5, 5.41) is 0. The van der Waals surface area contributed by atoms with Crippen LogP contribution in [0, 0.1) is 0 Å². The first kappa shape index (κ1) is 12.8. The van der Waals surface area contributed by atoms with Gasteiger partial charge in [0.05, 0.1) is 19.8 Å². The highest BCUT2D eigenvalue weighted by atomic mass is 79.9. The number of nitrogens with zero attached hydrogens (tertiary/aromatic N) is 1. The third-order valence-corrected chi connectivity index (χ3v) is 2.77. The van der Waals surface area contributed by atoms with E-state index in [-0.39, 0.29) is 5.91 Å². The van der Waals surface area contributed by atoms with Crippen LogP contribution in [-0.2, 0) is 0 Å². The summed E-state index contributed by atoms with van der Waals surface area (Å²) in [5.41, 5.74) is 0.544. The third kappa shape index (κ3) is 2.47. The van der Waals surface area contributed by atoms with Crippen molar-refractivity contribution in [3.05, 3.63) is 22.2 Å². The van der Waals surface area contributed by atoms with Crippen LogP contribution in [0.3, 0.4) is 0 Å². The van der Waals surface area contributed by atoms with Crippen LogP contribution >= 0.6 is 15.9 Å². The first-order valence-electron chi connectivity index (χ1n) is 4.64. The van der Waals surface area contributed by atoms with Gasteiger partial charge in [0, 0.05) is 18.6 Å². The van der Waals surface area contributed by atoms with E-state index in [1.54, 1.807) is 33.3 Å². The van der Waals surface area contributed by atoms with Crippen molar-refractivity contribution in [2.45, 2.75) is 0 Å². The molecule has 0 aliphatic rings. The van der Waals surface area contributed by atoms with Crippen LogP contribution in [0.15, 0.2) is 16.6 Å². The van der Waals surface area contributed by atoms with Crippen molar-refractivity contribution in [1.29, 1.82) is 0 Å². The summed E-state index contributed by atoms with van der Waals surface area (Å²) in [6.45, 7) is 0. The highest BCUT2D eigenvalue weighted by Gasteiger charge is 2.16. The zero-order chi connectivity index (χ0) is 12.3. The van der Waals surface area contributed by atoms with Gasteiger partial charge in [-0.2, -0.15) is 0 Å². The minimum absolute atomic E-state index is 0.0900. The van der Waals surface area contributed by atoms with E-state index in [9.17, 15) is 4.79 Å². The Morgan fingerprint density at radius 2 is 1.69 bits per heavy atom. The Morgan fingerprint density at radius 1 is 1.19 bits per heavy atom. The van der Waals surface area contributed by atoms with Gasteiger partial charge in [-0.3, -0.25) is 4.79 Å². The summed E-state index contributed by atoms with van der Waals surface area (Å²) in [7, 11) is 6.49. The smallest absolute Gasteiger partial charge is 0.254 e. The maximum absolute atomic E-state index is 11.8. The van der Waals surface area contributed by atoms with Crippen LogP contribution in [0.25, 0.3) is 0 Å². The fourth-order valence-corrected chi connectivity index (χ4v) is 1.75. The molecule has 1 aromatic carbocycles. The van der Waals surface area contributed by atoms with Crippen LogP contribution in [0.2, 0.25) is 0 Å². The molecule has 1 amide bonds. The number of benzene rings is 1. The molecule has 88 valence electrons. The van der Waals surface area contributed by atoms with E-state index >= 15 is 0 Å². The van der Waals surface area contributed by atoms with Crippen LogP contribution in [-0.4, -0.2) is 39.1 Å². The van der Waals surface area contributed by atoms with Crippen LogP contribution < -0.4 is 9.47 Å². The number of amides is 1. The molecule has 0 bridgehead atoms. The minimum atomic E-state index is -0.0900. The number of rotatable bonds is 3. The molecule has 5 heteroatoms. The monoisotopic (exact) mass is 287 g/mol. The summed E-state index contributed by atoms with van der Waals surface area (Å²) < 4.78 is 11.0. The summed E-state index contributed by atoms with van der Waals surface area (Å²) >= 11 is 3.34. The van der Waals surface area contributed by atoms with Gasteiger partial charge in [0.25, 0.3) is 5.91 Å². The average molecular weight is 288 g/mol. The van der Waals surface area contributed by atoms with Gasteiger partial charge in [-0.25, -0.2) is 0 Å². The van der Waals surface area contributed by atoms with E-state index in [2.05, 4.69) is 15.9 Å². The van der Waals surface area contributed by atoms with E-state index in [4.69, 9.17) is 9.47 Å². The topological polar surface area (TPSA) is 38.8 Å². The van der Waals surface area contributed by atoms with Gasteiger partial charge < -0.3 is 14.4 Å². The number of hydrogen-bond acceptors (Lipinski definition) is 3. The predicted octanol–water partition coefficient (Wildman–Crippen LogP) is 2.17. The molecule has 0 radical (unpaired) electrons. The van der Waals surface area contributed by atoms with Crippen LogP contribution in [0.4, 0.5) is 0 Å². The average Bonchev–Trinajstić information content (AvgIpc) is 2.27. The maximum Gasteiger partial charge on any atom is 0.254 e. The molecule has 0 aromatic heterocycles. The standard InChI is InChI=1S/C11H14BrNO3/c1-13(2)11(14)7-5-9(15-3)10(16-4)6-8(7)12/h5-6H,1-4H3. The highest BCUT2D eigenvalue weighted by Crippen LogP contribution is 2.33. The first-order chi connectivity index (χ1) is 7.51. The van der Waals surface area contributed by atoms with Crippen molar-refractivity contribution in [1.82, 2.24) is 4.90 Å². The number of ether oxygens (including phenoxy) is 2. The molecule has 0 aliphatic heterocycles. The van der Waals surface area contributed by atoms with Crippen LogP contribution in [0.5, 0.6) is 11.5 Å². The van der Waals surface area contributed by atoms with E-state index in [1.165, 1.54) is 12.0 Å². The van der Waals surface area contributed by atoms with Gasteiger partial charge in [-0.05, 0) is 28.1 Å². The largest absolute Gasteiger partial charge is 0.493 e.